The van der Waals surface area contributed by atoms with E-state index in [1.807, 2.05) is 19.1 Å². The second kappa shape index (κ2) is 7.83. The Balaban J connectivity index is 2.04. The average Bonchev–Trinajstić information content (AvgIpc) is 2.51. The first kappa shape index (κ1) is 17.1. The minimum absolute atomic E-state index is 0.0452. The lowest BCUT2D eigenvalue weighted by Crippen LogP contribution is -2.38. The number of carbonyl (C=O) groups is 1. The Labute approximate surface area is 139 Å². The predicted octanol–water partition coefficient (Wildman–Crippen LogP) is 2.94. The fourth-order valence-electron chi connectivity index (χ4n) is 2.78. The zero-order valence-corrected chi connectivity index (χ0v) is 14.6. The van der Waals surface area contributed by atoms with E-state index in [1.54, 1.807) is 0 Å². The van der Waals surface area contributed by atoms with Gasteiger partial charge in [0.25, 0.3) is 0 Å². The summed E-state index contributed by atoms with van der Waals surface area (Å²) in [6, 6.07) is 3.71. The number of likely N-dealkylation sites (tertiary alicyclic amines) is 1. The summed E-state index contributed by atoms with van der Waals surface area (Å²) in [6.07, 6.45) is 1.87. The molecule has 0 radical (unpaired) electrons. The van der Waals surface area contributed by atoms with E-state index >= 15 is 0 Å². The van der Waals surface area contributed by atoms with E-state index in [0.29, 0.717) is 29.9 Å². The number of hydrogen-bond donors (Lipinski definition) is 1. The van der Waals surface area contributed by atoms with Crippen molar-refractivity contribution in [1.82, 2.24) is 4.90 Å². The fraction of sp³-hybridized carbons (Fsp3) is 0.562. The molecule has 2 rings (SSSR count). The molecule has 1 aromatic carbocycles. The van der Waals surface area contributed by atoms with Crippen LogP contribution >= 0.6 is 15.9 Å². The van der Waals surface area contributed by atoms with Crippen LogP contribution in [0.3, 0.4) is 0 Å². The van der Waals surface area contributed by atoms with Crippen molar-refractivity contribution in [3.8, 4) is 11.5 Å². The van der Waals surface area contributed by atoms with Gasteiger partial charge in [0, 0.05) is 13.1 Å². The van der Waals surface area contributed by atoms with Crippen LogP contribution in [-0.2, 0) is 16.1 Å². The lowest BCUT2D eigenvalue weighted by molar-refractivity contribution is -0.150. The van der Waals surface area contributed by atoms with Crippen LogP contribution in [0.4, 0.5) is 0 Å². The largest absolute Gasteiger partial charge is 0.503 e. The van der Waals surface area contributed by atoms with Crippen LogP contribution in [0.5, 0.6) is 11.5 Å². The van der Waals surface area contributed by atoms with Gasteiger partial charge in [0.2, 0.25) is 0 Å². The Kier molecular flexibility index (Phi) is 6.08. The van der Waals surface area contributed by atoms with Crippen LogP contribution in [0.15, 0.2) is 16.6 Å². The molecule has 0 unspecified atom stereocenters. The normalized spacial score (nSPS) is 19.0. The second-order valence-corrected chi connectivity index (χ2v) is 6.31. The number of benzene rings is 1. The predicted molar refractivity (Wildman–Crippen MR) is 87.0 cm³/mol. The van der Waals surface area contributed by atoms with Gasteiger partial charge in [-0.25, -0.2) is 0 Å². The monoisotopic (exact) mass is 371 g/mol. The molecule has 1 aliphatic heterocycles. The first-order chi connectivity index (χ1) is 10.5. The van der Waals surface area contributed by atoms with Crippen LogP contribution in [0, 0.1) is 5.92 Å². The first-order valence-electron chi connectivity index (χ1n) is 7.49. The van der Waals surface area contributed by atoms with Crippen LogP contribution in [0.25, 0.3) is 0 Å². The molecule has 1 atom stereocenters. The quantitative estimate of drug-likeness (QED) is 0.806. The lowest BCUT2D eigenvalue weighted by Gasteiger charge is -2.31. The molecule has 0 saturated carbocycles. The zero-order chi connectivity index (χ0) is 16.1. The van der Waals surface area contributed by atoms with Gasteiger partial charge < -0.3 is 14.6 Å². The molecule has 0 amide bonds. The van der Waals surface area contributed by atoms with E-state index in [9.17, 15) is 9.90 Å². The summed E-state index contributed by atoms with van der Waals surface area (Å²) < 4.78 is 10.9. The summed E-state index contributed by atoms with van der Waals surface area (Å²) in [5, 5.41) is 9.86. The molecule has 1 N–H and O–H groups in total. The van der Waals surface area contributed by atoms with Crippen molar-refractivity contribution in [1.29, 1.82) is 0 Å². The van der Waals surface area contributed by atoms with Crippen molar-refractivity contribution in [3.63, 3.8) is 0 Å². The number of aromatic hydroxyl groups is 1. The third kappa shape index (κ3) is 4.14. The van der Waals surface area contributed by atoms with E-state index in [0.717, 1.165) is 24.9 Å². The number of esters is 1. The molecule has 1 aliphatic rings. The maximum absolute atomic E-state index is 11.9. The topological polar surface area (TPSA) is 59.0 Å². The van der Waals surface area contributed by atoms with Gasteiger partial charge in [-0.05, 0) is 59.9 Å². The number of rotatable bonds is 5. The summed E-state index contributed by atoms with van der Waals surface area (Å²) in [7, 11) is 1.53. The standard InChI is InChI=1S/C16H22BrNO4/c1-3-22-16(20)12-5-4-6-18(10-12)9-11-7-13(17)15(19)14(8-11)21-2/h7-8,12,19H,3-6,9-10H2,1-2H3/t12-/m1/s1. The number of piperidine rings is 1. The van der Waals surface area contributed by atoms with E-state index in [1.165, 1.54) is 7.11 Å². The molecule has 0 spiro atoms. The highest BCUT2D eigenvalue weighted by molar-refractivity contribution is 9.10. The molecule has 1 saturated heterocycles. The van der Waals surface area contributed by atoms with Gasteiger partial charge >= 0.3 is 5.97 Å². The van der Waals surface area contributed by atoms with Crippen molar-refractivity contribution in [2.75, 3.05) is 26.8 Å². The van der Waals surface area contributed by atoms with Gasteiger partial charge in [0.05, 0.1) is 24.1 Å². The highest BCUT2D eigenvalue weighted by Gasteiger charge is 2.27. The molecular formula is C16H22BrNO4. The average molecular weight is 372 g/mol. The molecule has 0 aliphatic carbocycles. The van der Waals surface area contributed by atoms with E-state index in [2.05, 4.69) is 20.8 Å². The Bertz CT molecular complexity index is 535. The lowest BCUT2D eigenvalue weighted by atomic mass is 9.97. The van der Waals surface area contributed by atoms with Crippen LogP contribution in [0.2, 0.25) is 0 Å². The van der Waals surface area contributed by atoms with E-state index in [-0.39, 0.29) is 17.6 Å². The molecule has 0 aromatic heterocycles. The van der Waals surface area contributed by atoms with Crippen molar-refractivity contribution in [3.05, 3.63) is 22.2 Å². The summed E-state index contributed by atoms with van der Waals surface area (Å²) in [6.45, 7) is 4.64. The Morgan fingerprint density at radius 1 is 1.50 bits per heavy atom. The smallest absolute Gasteiger partial charge is 0.310 e. The Morgan fingerprint density at radius 3 is 2.95 bits per heavy atom. The number of halogens is 1. The number of hydrogen-bond acceptors (Lipinski definition) is 5. The number of nitrogens with zero attached hydrogens (tertiary/aromatic N) is 1. The van der Waals surface area contributed by atoms with Gasteiger partial charge in [-0.1, -0.05) is 0 Å². The number of methoxy groups -OCH3 is 1. The van der Waals surface area contributed by atoms with Gasteiger partial charge in [-0.3, -0.25) is 9.69 Å². The minimum atomic E-state index is -0.100. The minimum Gasteiger partial charge on any atom is -0.503 e. The van der Waals surface area contributed by atoms with Crippen LogP contribution < -0.4 is 4.74 Å². The number of phenols is 1. The Morgan fingerprint density at radius 2 is 2.27 bits per heavy atom. The third-order valence-electron chi connectivity index (χ3n) is 3.84. The number of ether oxygens (including phenoxy) is 2. The van der Waals surface area contributed by atoms with Crippen LogP contribution in [0.1, 0.15) is 25.3 Å². The maximum atomic E-state index is 11.9. The Hall–Kier alpha value is -1.27. The second-order valence-electron chi connectivity index (χ2n) is 5.45. The van der Waals surface area contributed by atoms with Gasteiger partial charge in [0.1, 0.15) is 0 Å². The summed E-state index contributed by atoms with van der Waals surface area (Å²) in [5.74, 6) is 0.408. The van der Waals surface area contributed by atoms with Crippen molar-refractivity contribution in [2.45, 2.75) is 26.3 Å². The van der Waals surface area contributed by atoms with Crippen LogP contribution in [-0.4, -0.2) is 42.8 Å². The molecule has 0 bridgehead atoms. The molecule has 1 aromatic rings. The molecule has 122 valence electrons. The molecule has 5 nitrogen and oxygen atoms in total. The fourth-order valence-corrected chi connectivity index (χ4v) is 3.27. The molecule has 22 heavy (non-hydrogen) atoms. The number of phenolic OH excluding ortho intramolecular Hbond substituents is 1. The van der Waals surface area contributed by atoms with Gasteiger partial charge in [0.15, 0.2) is 11.5 Å². The molecule has 1 fully saturated rings. The molecule has 1 heterocycles. The molecular weight excluding hydrogens is 350 g/mol. The van der Waals surface area contributed by atoms with Gasteiger partial charge in [-0.2, -0.15) is 0 Å². The zero-order valence-electron chi connectivity index (χ0n) is 13.0. The highest BCUT2D eigenvalue weighted by Crippen LogP contribution is 2.35. The van der Waals surface area contributed by atoms with Crippen molar-refractivity contribution >= 4 is 21.9 Å². The first-order valence-corrected chi connectivity index (χ1v) is 8.28. The highest BCUT2D eigenvalue weighted by atomic mass is 79.9. The van der Waals surface area contributed by atoms with Crippen molar-refractivity contribution < 1.29 is 19.4 Å². The van der Waals surface area contributed by atoms with Gasteiger partial charge in [-0.15, -0.1) is 0 Å². The SMILES string of the molecule is CCOC(=O)[C@@H]1CCCN(Cc2cc(Br)c(O)c(OC)c2)C1. The van der Waals surface area contributed by atoms with Crippen molar-refractivity contribution in [2.24, 2.45) is 5.92 Å². The summed E-state index contributed by atoms with van der Waals surface area (Å²) in [4.78, 5) is 14.1. The third-order valence-corrected chi connectivity index (χ3v) is 4.44. The molecule has 6 heteroatoms. The van der Waals surface area contributed by atoms with E-state index in [4.69, 9.17) is 9.47 Å². The summed E-state index contributed by atoms with van der Waals surface area (Å²) in [5.41, 5.74) is 1.03. The van der Waals surface area contributed by atoms with E-state index < -0.39 is 0 Å². The summed E-state index contributed by atoms with van der Waals surface area (Å²) >= 11 is 3.34. The maximum Gasteiger partial charge on any atom is 0.310 e. The number of carbonyl (C=O) groups excluding carboxylic acids is 1.